The van der Waals surface area contributed by atoms with Gasteiger partial charge < -0.3 is 15.2 Å². The summed E-state index contributed by atoms with van der Waals surface area (Å²) in [5.41, 5.74) is 1.38. The van der Waals surface area contributed by atoms with Crippen molar-refractivity contribution in [3.63, 3.8) is 0 Å². The highest BCUT2D eigenvalue weighted by atomic mass is 32.1. The molecule has 7 heteroatoms. The van der Waals surface area contributed by atoms with Crippen LogP contribution in [0.5, 0.6) is 0 Å². The average Bonchev–Trinajstić information content (AvgIpc) is 3.18. The van der Waals surface area contributed by atoms with Gasteiger partial charge in [-0.05, 0) is 43.5 Å². The van der Waals surface area contributed by atoms with Gasteiger partial charge in [-0.2, -0.15) is 0 Å². The first-order valence-corrected chi connectivity index (χ1v) is 8.09. The van der Waals surface area contributed by atoms with Gasteiger partial charge in [-0.3, -0.25) is 4.79 Å². The number of rotatable bonds is 4. The van der Waals surface area contributed by atoms with Crippen molar-refractivity contribution in [1.29, 1.82) is 0 Å². The van der Waals surface area contributed by atoms with Crippen molar-refractivity contribution in [1.82, 2.24) is 4.98 Å². The molecular weight excluding hydrogens is 316 g/mol. The van der Waals surface area contributed by atoms with E-state index >= 15 is 0 Å². The number of aromatic nitrogens is 1. The Morgan fingerprint density at radius 3 is 2.91 bits per heavy atom. The smallest absolute Gasteiger partial charge is 0.335 e. The average molecular weight is 332 g/mol. The molecular formula is C16H16N2O4S. The Balaban J connectivity index is 1.71. The number of hydrogen-bond donors (Lipinski definition) is 2. The first-order chi connectivity index (χ1) is 11.0. The molecule has 120 valence electrons. The summed E-state index contributed by atoms with van der Waals surface area (Å²) >= 11 is 1.33. The number of hydrogen-bond acceptors (Lipinski definition) is 5. The Kier molecular flexibility index (Phi) is 4.40. The van der Waals surface area contributed by atoms with Crippen LogP contribution in [0.2, 0.25) is 0 Å². The number of carbonyl (C=O) groups is 2. The van der Waals surface area contributed by atoms with Crippen LogP contribution in [0.1, 0.15) is 49.5 Å². The van der Waals surface area contributed by atoms with E-state index in [4.69, 9.17) is 9.84 Å². The maximum Gasteiger partial charge on any atom is 0.335 e. The lowest BCUT2D eigenvalue weighted by Crippen LogP contribution is -2.11. The SMILES string of the molecule is Cc1cc(NC(=O)c2cnc([C@@H]3CCCO3)s2)ccc1C(=O)O. The predicted molar refractivity (Wildman–Crippen MR) is 86.1 cm³/mol. The largest absolute Gasteiger partial charge is 0.478 e. The molecule has 0 spiro atoms. The lowest BCUT2D eigenvalue weighted by molar-refractivity contribution is 0.0696. The molecule has 0 bridgehead atoms. The van der Waals surface area contributed by atoms with Crippen LogP contribution < -0.4 is 5.32 Å². The predicted octanol–water partition coefficient (Wildman–Crippen LogP) is 3.25. The maximum atomic E-state index is 12.3. The zero-order chi connectivity index (χ0) is 16.4. The molecule has 1 aliphatic rings. The molecule has 0 unspecified atom stereocenters. The van der Waals surface area contributed by atoms with E-state index in [1.165, 1.54) is 17.4 Å². The van der Waals surface area contributed by atoms with Gasteiger partial charge in [-0.1, -0.05) is 0 Å². The highest BCUT2D eigenvalue weighted by Gasteiger charge is 2.22. The second-order valence-electron chi connectivity index (χ2n) is 5.35. The molecule has 1 atom stereocenters. The monoisotopic (exact) mass is 332 g/mol. The van der Waals surface area contributed by atoms with Gasteiger partial charge in [0, 0.05) is 12.3 Å². The van der Waals surface area contributed by atoms with Crippen molar-refractivity contribution < 1.29 is 19.4 Å². The Morgan fingerprint density at radius 2 is 2.26 bits per heavy atom. The lowest BCUT2D eigenvalue weighted by Gasteiger charge is -2.07. The van der Waals surface area contributed by atoms with Gasteiger partial charge in [-0.15, -0.1) is 11.3 Å². The van der Waals surface area contributed by atoms with Crippen LogP contribution in [0.4, 0.5) is 5.69 Å². The fourth-order valence-corrected chi connectivity index (χ4v) is 3.39. The van der Waals surface area contributed by atoms with E-state index in [1.54, 1.807) is 25.3 Å². The Labute approximate surface area is 137 Å². The number of benzene rings is 1. The van der Waals surface area contributed by atoms with E-state index in [0.717, 1.165) is 24.5 Å². The summed E-state index contributed by atoms with van der Waals surface area (Å²) in [5, 5.41) is 12.6. The molecule has 1 aliphatic heterocycles. The quantitative estimate of drug-likeness (QED) is 0.897. The van der Waals surface area contributed by atoms with Crippen LogP contribution in [0, 0.1) is 6.92 Å². The first-order valence-electron chi connectivity index (χ1n) is 7.27. The standard InChI is InChI=1S/C16H16N2O4S/c1-9-7-10(4-5-11(9)16(20)21)18-14(19)13-8-17-15(23-13)12-3-2-6-22-12/h4-5,7-8,12H,2-3,6H2,1H3,(H,18,19)(H,20,21)/t12-/m0/s1. The molecule has 0 aliphatic carbocycles. The minimum atomic E-state index is -0.982. The number of carboxylic acids is 1. The fourth-order valence-electron chi connectivity index (χ4n) is 2.49. The van der Waals surface area contributed by atoms with Crippen molar-refractivity contribution in [3.8, 4) is 0 Å². The molecule has 1 saturated heterocycles. The van der Waals surface area contributed by atoms with Crippen molar-refractivity contribution in [3.05, 3.63) is 45.4 Å². The molecule has 2 N–H and O–H groups in total. The highest BCUT2D eigenvalue weighted by molar-refractivity contribution is 7.13. The number of thiazole rings is 1. The first kappa shape index (κ1) is 15.6. The Bertz CT molecular complexity index is 750. The third-order valence-corrected chi connectivity index (χ3v) is 4.76. The summed E-state index contributed by atoms with van der Waals surface area (Å²) in [6.07, 6.45) is 3.50. The van der Waals surface area contributed by atoms with Gasteiger partial charge in [-0.25, -0.2) is 9.78 Å². The molecule has 0 radical (unpaired) electrons. The molecule has 1 fully saturated rings. The van der Waals surface area contributed by atoms with Crippen molar-refractivity contribution in [2.45, 2.75) is 25.9 Å². The van der Waals surface area contributed by atoms with E-state index in [-0.39, 0.29) is 17.6 Å². The van der Waals surface area contributed by atoms with Gasteiger partial charge in [0.1, 0.15) is 16.0 Å². The highest BCUT2D eigenvalue weighted by Crippen LogP contribution is 2.31. The number of nitrogens with one attached hydrogen (secondary N) is 1. The summed E-state index contributed by atoms with van der Waals surface area (Å²) in [6.45, 7) is 2.43. The second-order valence-corrected chi connectivity index (χ2v) is 6.42. The van der Waals surface area contributed by atoms with E-state index in [0.29, 0.717) is 16.1 Å². The zero-order valence-electron chi connectivity index (χ0n) is 12.5. The van der Waals surface area contributed by atoms with Crippen molar-refractivity contribution in [2.75, 3.05) is 11.9 Å². The van der Waals surface area contributed by atoms with Crippen molar-refractivity contribution in [2.24, 2.45) is 0 Å². The van der Waals surface area contributed by atoms with Crippen LogP contribution >= 0.6 is 11.3 Å². The number of nitrogens with zero attached hydrogens (tertiary/aromatic N) is 1. The summed E-state index contributed by atoms with van der Waals surface area (Å²) in [5.74, 6) is -1.24. The molecule has 2 aromatic rings. The van der Waals surface area contributed by atoms with Crippen LogP contribution in [0.3, 0.4) is 0 Å². The molecule has 0 saturated carbocycles. The molecule has 1 aromatic heterocycles. The van der Waals surface area contributed by atoms with Crippen molar-refractivity contribution >= 4 is 28.9 Å². The van der Waals surface area contributed by atoms with Gasteiger partial charge in [0.15, 0.2) is 0 Å². The van der Waals surface area contributed by atoms with E-state index in [9.17, 15) is 9.59 Å². The number of amides is 1. The van der Waals surface area contributed by atoms with E-state index in [1.807, 2.05) is 0 Å². The van der Waals surface area contributed by atoms with E-state index in [2.05, 4.69) is 10.3 Å². The Hall–Kier alpha value is -2.25. The normalized spacial score (nSPS) is 17.2. The third-order valence-electron chi connectivity index (χ3n) is 3.67. The fraction of sp³-hybridized carbons (Fsp3) is 0.312. The number of anilines is 1. The third kappa shape index (κ3) is 3.40. The molecule has 23 heavy (non-hydrogen) atoms. The summed E-state index contributed by atoms with van der Waals surface area (Å²) in [7, 11) is 0. The van der Waals surface area contributed by atoms with Gasteiger partial charge in [0.05, 0.1) is 11.8 Å². The van der Waals surface area contributed by atoms with Crippen LogP contribution in [-0.2, 0) is 4.74 Å². The zero-order valence-corrected chi connectivity index (χ0v) is 13.4. The van der Waals surface area contributed by atoms with Crippen LogP contribution in [-0.4, -0.2) is 28.6 Å². The van der Waals surface area contributed by atoms with Crippen LogP contribution in [0.15, 0.2) is 24.4 Å². The molecule has 2 heterocycles. The molecule has 3 rings (SSSR count). The number of aromatic carboxylic acids is 1. The summed E-state index contributed by atoms with van der Waals surface area (Å²) in [4.78, 5) is 28.1. The molecule has 1 aromatic carbocycles. The molecule has 6 nitrogen and oxygen atoms in total. The maximum absolute atomic E-state index is 12.3. The summed E-state index contributed by atoms with van der Waals surface area (Å²) < 4.78 is 5.56. The van der Waals surface area contributed by atoms with Gasteiger partial charge in [0.25, 0.3) is 5.91 Å². The topological polar surface area (TPSA) is 88.5 Å². The summed E-state index contributed by atoms with van der Waals surface area (Å²) in [6, 6.07) is 4.71. The Morgan fingerprint density at radius 1 is 1.43 bits per heavy atom. The van der Waals surface area contributed by atoms with Crippen LogP contribution in [0.25, 0.3) is 0 Å². The second kappa shape index (κ2) is 6.47. The van der Waals surface area contributed by atoms with E-state index < -0.39 is 5.97 Å². The molecule has 1 amide bonds. The number of carbonyl (C=O) groups excluding carboxylic acids is 1. The van der Waals surface area contributed by atoms with Gasteiger partial charge in [0.2, 0.25) is 0 Å². The number of ether oxygens (including phenoxy) is 1. The van der Waals surface area contributed by atoms with Gasteiger partial charge >= 0.3 is 5.97 Å². The minimum absolute atomic E-state index is 0.00126. The lowest BCUT2D eigenvalue weighted by atomic mass is 10.1. The number of aryl methyl sites for hydroxylation is 1. The minimum Gasteiger partial charge on any atom is -0.478 e. The number of carboxylic acid groups (broad SMARTS) is 1.